The summed E-state index contributed by atoms with van der Waals surface area (Å²) in [5.74, 6) is 0.122. The number of esters is 1. The first-order valence-electron chi connectivity index (χ1n) is 8.52. The Balaban J connectivity index is 2.00. The summed E-state index contributed by atoms with van der Waals surface area (Å²) in [4.78, 5) is 40.4. The number of carbonyl (C=O) groups excluding carboxylic acids is 3. The van der Waals surface area contributed by atoms with Crippen LogP contribution in [0.15, 0.2) is 48.5 Å². The molecule has 8 heteroatoms. The van der Waals surface area contributed by atoms with Gasteiger partial charge in [-0.2, -0.15) is 0 Å². The zero-order valence-corrected chi connectivity index (χ0v) is 15.7. The van der Waals surface area contributed by atoms with Crippen molar-refractivity contribution in [1.82, 2.24) is 0 Å². The standard InChI is InChI=1S/C20H20N2O6/c1-26-15-8-4-13(5-9-15)21-17(12-18(23)28-3)19(24)22(20(21)25)14-6-10-16(27-2)11-7-14/h4-11,17H,12H2,1-3H3. The molecule has 1 aliphatic heterocycles. The summed E-state index contributed by atoms with van der Waals surface area (Å²) in [5.41, 5.74) is 0.866. The number of amides is 3. The van der Waals surface area contributed by atoms with Crippen LogP contribution >= 0.6 is 0 Å². The lowest BCUT2D eigenvalue weighted by Gasteiger charge is -2.21. The van der Waals surface area contributed by atoms with Crippen LogP contribution in [0, 0.1) is 0 Å². The van der Waals surface area contributed by atoms with Gasteiger partial charge in [-0.25, -0.2) is 9.69 Å². The van der Waals surface area contributed by atoms with Crippen molar-refractivity contribution in [2.24, 2.45) is 0 Å². The van der Waals surface area contributed by atoms with Gasteiger partial charge in [0.15, 0.2) is 0 Å². The molecule has 1 aliphatic rings. The van der Waals surface area contributed by atoms with Gasteiger partial charge < -0.3 is 14.2 Å². The van der Waals surface area contributed by atoms with E-state index in [9.17, 15) is 14.4 Å². The second-order valence-corrected chi connectivity index (χ2v) is 6.02. The molecule has 0 N–H and O–H groups in total. The minimum absolute atomic E-state index is 0.250. The van der Waals surface area contributed by atoms with Crippen LogP contribution in [0.25, 0.3) is 0 Å². The maximum absolute atomic E-state index is 13.1. The van der Waals surface area contributed by atoms with Crippen LogP contribution in [0.5, 0.6) is 11.5 Å². The van der Waals surface area contributed by atoms with E-state index in [1.165, 1.54) is 26.2 Å². The van der Waals surface area contributed by atoms with E-state index in [-0.39, 0.29) is 6.42 Å². The minimum atomic E-state index is -1.00. The Hall–Kier alpha value is -3.55. The van der Waals surface area contributed by atoms with E-state index in [4.69, 9.17) is 14.2 Å². The molecule has 3 rings (SSSR count). The van der Waals surface area contributed by atoms with Crippen molar-refractivity contribution in [3.05, 3.63) is 48.5 Å². The molecule has 2 aromatic carbocycles. The third-order valence-electron chi connectivity index (χ3n) is 4.48. The Kier molecular flexibility index (Phi) is 5.49. The van der Waals surface area contributed by atoms with E-state index in [0.29, 0.717) is 22.9 Å². The van der Waals surface area contributed by atoms with Gasteiger partial charge in [-0.05, 0) is 48.5 Å². The number of hydrogen-bond acceptors (Lipinski definition) is 6. The van der Waals surface area contributed by atoms with E-state index in [2.05, 4.69) is 0 Å². The minimum Gasteiger partial charge on any atom is -0.497 e. The van der Waals surface area contributed by atoms with Gasteiger partial charge in [-0.15, -0.1) is 0 Å². The third-order valence-corrected chi connectivity index (χ3v) is 4.48. The van der Waals surface area contributed by atoms with Crippen molar-refractivity contribution in [1.29, 1.82) is 0 Å². The number of anilines is 2. The summed E-state index contributed by atoms with van der Waals surface area (Å²) in [6.45, 7) is 0. The van der Waals surface area contributed by atoms with Crippen LogP contribution in [0.3, 0.4) is 0 Å². The number of benzene rings is 2. The zero-order valence-electron chi connectivity index (χ0n) is 15.7. The van der Waals surface area contributed by atoms with E-state index in [0.717, 1.165) is 4.90 Å². The number of imide groups is 1. The smallest absolute Gasteiger partial charge is 0.336 e. The highest BCUT2D eigenvalue weighted by Gasteiger charge is 2.47. The molecule has 3 amide bonds. The van der Waals surface area contributed by atoms with Crippen LogP contribution in [-0.4, -0.2) is 45.3 Å². The summed E-state index contributed by atoms with van der Waals surface area (Å²) < 4.78 is 15.0. The van der Waals surface area contributed by atoms with Gasteiger partial charge >= 0.3 is 12.0 Å². The van der Waals surface area contributed by atoms with E-state index < -0.39 is 23.9 Å². The van der Waals surface area contributed by atoms with Crippen LogP contribution in [0.2, 0.25) is 0 Å². The van der Waals surface area contributed by atoms with Crippen molar-refractivity contribution >= 4 is 29.3 Å². The first-order valence-corrected chi connectivity index (χ1v) is 8.52. The lowest BCUT2D eigenvalue weighted by atomic mass is 10.1. The molecule has 1 unspecified atom stereocenters. The first-order chi connectivity index (χ1) is 13.5. The Morgan fingerprint density at radius 1 is 0.857 bits per heavy atom. The maximum atomic E-state index is 13.1. The Bertz CT molecular complexity index is 879. The average molecular weight is 384 g/mol. The van der Waals surface area contributed by atoms with Gasteiger partial charge in [0.05, 0.1) is 33.4 Å². The normalized spacial score (nSPS) is 16.3. The number of methoxy groups -OCH3 is 3. The molecule has 28 heavy (non-hydrogen) atoms. The number of carbonyl (C=O) groups is 3. The Morgan fingerprint density at radius 3 is 1.82 bits per heavy atom. The van der Waals surface area contributed by atoms with Gasteiger partial charge in [0.1, 0.15) is 17.5 Å². The molecule has 1 atom stereocenters. The molecular formula is C20H20N2O6. The van der Waals surface area contributed by atoms with Crippen LogP contribution < -0.4 is 19.3 Å². The van der Waals surface area contributed by atoms with Crippen LogP contribution in [-0.2, 0) is 14.3 Å². The molecule has 1 heterocycles. The van der Waals surface area contributed by atoms with Gasteiger partial charge in [0, 0.05) is 5.69 Å². The Morgan fingerprint density at radius 2 is 1.36 bits per heavy atom. The second kappa shape index (κ2) is 7.99. The molecule has 0 spiro atoms. The van der Waals surface area contributed by atoms with Crippen molar-refractivity contribution in [3.8, 4) is 11.5 Å². The maximum Gasteiger partial charge on any atom is 0.336 e. The topological polar surface area (TPSA) is 85.4 Å². The van der Waals surface area contributed by atoms with Crippen molar-refractivity contribution in [3.63, 3.8) is 0 Å². The number of nitrogens with zero attached hydrogens (tertiary/aromatic N) is 2. The highest BCUT2D eigenvalue weighted by atomic mass is 16.5. The van der Waals surface area contributed by atoms with E-state index in [1.54, 1.807) is 48.5 Å². The van der Waals surface area contributed by atoms with Crippen LogP contribution in [0.1, 0.15) is 6.42 Å². The summed E-state index contributed by atoms with van der Waals surface area (Å²) in [6.07, 6.45) is -0.250. The molecule has 2 aromatic rings. The molecule has 146 valence electrons. The summed E-state index contributed by atoms with van der Waals surface area (Å²) in [6, 6.07) is 11.7. The number of ether oxygens (including phenoxy) is 3. The predicted molar refractivity (Wildman–Crippen MR) is 102 cm³/mol. The average Bonchev–Trinajstić information content (AvgIpc) is 2.97. The number of hydrogen-bond donors (Lipinski definition) is 0. The van der Waals surface area contributed by atoms with Crippen LogP contribution in [0.4, 0.5) is 16.2 Å². The lowest BCUT2D eigenvalue weighted by molar-refractivity contribution is -0.142. The van der Waals surface area contributed by atoms with E-state index in [1.807, 2.05) is 0 Å². The number of urea groups is 1. The molecule has 0 radical (unpaired) electrons. The third kappa shape index (κ3) is 3.48. The molecule has 1 saturated heterocycles. The predicted octanol–water partition coefficient (Wildman–Crippen LogP) is 2.61. The highest BCUT2D eigenvalue weighted by molar-refractivity contribution is 6.29. The fourth-order valence-corrected chi connectivity index (χ4v) is 3.02. The first kappa shape index (κ1) is 19.2. The Labute approximate surface area is 162 Å². The molecule has 0 bridgehead atoms. The lowest BCUT2D eigenvalue weighted by Crippen LogP contribution is -2.37. The highest BCUT2D eigenvalue weighted by Crippen LogP contribution is 2.33. The zero-order chi connectivity index (χ0) is 20.3. The molecule has 8 nitrogen and oxygen atoms in total. The fraction of sp³-hybridized carbons (Fsp3) is 0.250. The molecule has 0 aliphatic carbocycles. The molecular weight excluding hydrogens is 364 g/mol. The largest absolute Gasteiger partial charge is 0.497 e. The van der Waals surface area contributed by atoms with Crippen molar-refractivity contribution in [2.75, 3.05) is 31.1 Å². The molecule has 0 aromatic heterocycles. The van der Waals surface area contributed by atoms with Gasteiger partial charge in [-0.3, -0.25) is 14.5 Å². The summed E-state index contributed by atoms with van der Waals surface area (Å²) >= 11 is 0. The van der Waals surface area contributed by atoms with Crippen molar-refractivity contribution in [2.45, 2.75) is 12.5 Å². The summed E-state index contributed by atoms with van der Waals surface area (Å²) in [5, 5.41) is 0. The molecule has 1 fully saturated rings. The van der Waals surface area contributed by atoms with Gasteiger partial charge in [0.25, 0.3) is 5.91 Å². The monoisotopic (exact) mass is 384 g/mol. The van der Waals surface area contributed by atoms with Gasteiger partial charge in [-0.1, -0.05) is 0 Å². The quantitative estimate of drug-likeness (QED) is 0.562. The van der Waals surface area contributed by atoms with Gasteiger partial charge in [0.2, 0.25) is 0 Å². The molecule has 0 saturated carbocycles. The fourth-order valence-electron chi connectivity index (χ4n) is 3.02. The number of rotatable bonds is 6. The summed E-state index contributed by atoms with van der Waals surface area (Å²) in [7, 11) is 4.30. The second-order valence-electron chi connectivity index (χ2n) is 6.02. The van der Waals surface area contributed by atoms with E-state index >= 15 is 0 Å². The van der Waals surface area contributed by atoms with Crippen molar-refractivity contribution < 1.29 is 28.6 Å². The SMILES string of the molecule is COC(=O)CC1C(=O)N(c2ccc(OC)cc2)C(=O)N1c1ccc(OC)cc1.